The van der Waals surface area contributed by atoms with Crippen LogP contribution in [-0.4, -0.2) is 24.1 Å². The molecule has 2 bridgehead atoms. The van der Waals surface area contributed by atoms with E-state index in [4.69, 9.17) is 4.55 Å². The first-order chi connectivity index (χ1) is 23.2. The van der Waals surface area contributed by atoms with Crippen molar-refractivity contribution in [2.45, 2.75) is 95.7 Å². The fourth-order valence-corrected chi connectivity index (χ4v) is 8.64. The third-order valence-electron chi connectivity index (χ3n) is 11.0. The molecule has 0 amide bonds. The van der Waals surface area contributed by atoms with Gasteiger partial charge in [-0.2, -0.15) is 26.0 Å². The zero-order chi connectivity index (χ0) is 36.4. The van der Waals surface area contributed by atoms with Crippen molar-refractivity contribution in [3.63, 3.8) is 0 Å². The summed E-state index contributed by atoms with van der Waals surface area (Å²) in [5, 5.41) is -5.41. The van der Waals surface area contributed by atoms with Crippen molar-refractivity contribution in [2.24, 2.45) is 17.8 Å². The smallest absolute Gasteiger partial charge is 0.281 e. The van der Waals surface area contributed by atoms with E-state index in [0.29, 0.717) is 12.8 Å². The largest absolute Gasteiger partial charge is 0.431 e. The van der Waals surface area contributed by atoms with E-state index in [1.54, 1.807) is 0 Å². The van der Waals surface area contributed by atoms with Gasteiger partial charge in [0.15, 0.2) is 0 Å². The molecule has 3 atom stereocenters. The average molecular weight is 707 g/mol. The van der Waals surface area contributed by atoms with Crippen molar-refractivity contribution in [3.8, 4) is 33.4 Å². The maximum Gasteiger partial charge on any atom is 0.431 e. The van der Waals surface area contributed by atoms with E-state index in [-0.39, 0.29) is 23.2 Å². The highest BCUT2D eigenvalue weighted by atomic mass is 32.2. The predicted molar refractivity (Wildman–Crippen MR) is 193 cm³/mol. The van der Waals surface area contributed by atoms with Crippen LogP contribution in [0.2, 0.25) is 0 Å². The Morgan fingerprint density at radius 2 is 1.18 bits per heavy atom. The van der Waals surface area contributed by atoms with Crippen molar-refractivity contribution in [2.75, 3.05) is 0 Å². The number of rotatable bonds is 5. The molecule has 7 rings (SSSR count). The summed E-state index contributed by atoms with van der Waals surface area (Å²) in [5.74, 6) is -6.95. The first kappa shape index (κ1) is 36.3. The molecule has 0 saturated heterocycles. The topological polar surface area (TPSA) is 54.4 Å². The number of alkyl halides is 4. The van der Waals surface area contributed by atoms with Gasteiger partial charge in [0, 0.05) is 5.92 Å². The molecule has 0 aromatic heterocycles. The van der Waals surface area contributed by atoms with E-state index in [1.807, 2.05) is 0 Å². The van der Waals surface area contributed by atoms with Crippen molar-refractivity contribution in [3.05, 3.63) is 107 Å². The molecule has 3 unspecified atom stereocenters. The maximum atomic E-state index is 13.6. The summed E-state index contributed by atoms with van der Waals surface area (Å²) in [6.45, 7) is 13.7. The van der Waals surface area contributed by atoms with E-state index in [1.165, 1.54) is 55.6 Å². The standard InChI is InChI=1S/C33H34.C9H12F4O3S/c1-32(2,3)25-15-11-22(12-16-25)28-19-20-29-27-10-8-7-9-24(27)21-30(29)31(28)23-13-17-26(18-14-23)33(4,5)6;10-8(11,9(12,13)17(14,15)16)7-4-5-1-2-6(7)3-5/h7-20H,21H2,1-6H3;5-7H,1-4H2,(H,14,15,16). The zero-order valence-electron chi connectivity index (χ0n) is 29.5. The molecule has 2 saturated carbocycles. The quantitative estimate of drug-likeness (QED) is 0.146. The SMILES string of the molecule is CC(C)(C)c1ccc(-c2ccc3c(c2-c2ccc(C(C)(C)C)cc2)Cc2ccccc2-3)cc1.O=S(=O)(O)C(F)(F)C(F)(F)C1CC2CCC1C2. The van der Waals surface area contributed by atoms with E-state index in [9.17, 15) is 26.0 Å². The van der Waals surface area contributed by atoms with Crippen LogP contribution in [0.5, 0.6) is 0 Å². The van der Waals surface area contributed by atoms with E-state index < -0.39 is 33.1 Å². The number of fused-ring (bicyclic) bond motifs is 5. The second-order valence-electron chi connectivity index (χ2n) is 16.4. The molecular weight excluding hydrogens is 661 g/mol. The van der Waals surface area contributed by atoms with Crippen LogP contribution in [0.25, 0.3) is 33.4 Å². The van der Waals surface area contributed by atoms with Gasteiger partial charge in [0.25, 0.3) is 0 Å². The van der Waals surface area contributed by atoms with Crippen LogP contribution in [0.3, 0.4) is 0 Å². The second-order valence-corrected chi connectivity index (χ2v) is 17.9. The molecule has 266 valence electrons. The second kappa shape index (κ2) is 12.6. The van der Waals surface area contributed by atoms with Crippen LogP contribution in [0.15, 0.2) is 84.9 Å². The molecule has 2 fully saturated rings. The van der Waals surface area contributed by atoms with Crippen LogP contribution >= 0.6 is 0 Å². The highest BCUT2D eigenvalue weighted by Gasteiger charge is 2.71. The Morgan fingerprint density at radius 3 is 1.68 bits per heavy atom. The molecule has 3 aliphatic rings. The van der Waals surface area contributed by atoms with E-state index in [2.05, 4.69) is 126 Å². The predicted octanol–water partition coefficient (Wildman–Crippen LogP) is 11.7. The van der Waals surface area contributed by atoms with Gasteiger partial charge >= 0.3 is 21.3 Å². The Bertz CT molecular complexity index is 1990. The van der Waals surface area contributed by atoms with Gasteiger partial charge in [0.05, 0.1) is 0 Å². The number of hydrogen-bond donors (Lipinski definition) is 1. The normalized spacial score (nSPS) is 20.3. The van der Waals surface area contributed by atoms with Gasteiger partial charge < -0.3 is 0 Å². The molecule has 0 spiro atoms. The fraction of sp³-hybridized carbons (Fsp3) is 0.429. The number of halogens is 4. The van der Waals surface area contributed by atoms with E-state index >= 15 is 0 Å². The van der Waals surface area contributed by atoms with Crippen LogP contribution in [-0.2, 0) is 27.4 Å². The first-order valence-corrected chi connectivity index (χ1v) is 18.8. The van der Waals surface area contributed by atoms with Gasteiger partial charge in [-0.1, -0.05) is 133 Å². The van der Waals surface area contributed by atoms with Gasteiger partial charge in [0.1, 0.15) is 0 Å². The summed E-state index contributed by atoms with van der Waals surface area (Å²) in [7, 11) is -6.10. The Labute approximate surface area is 293 Å². The summed E-state index contributed by atoms with van der Waals surface area (Å²) in [5.41, 5.74) is 14.0. The minimum Gasteiger partial charge on any atom is -0.281 e. The molecule has 1 N–H and O–H groups in total. The summed E-state index contributed by atoms with van der Waals surface area (Å²) in [6, 6.07) is 32.0. The summed E-state index contributed by atoms with van der Waals surface area (Å²) in [4.78, 5) is 0. The van der Waals surface area contributed by atoms with Gasteiger partial charge in [-0.15, -0.1) is 0 Å². The van der Waals surface area contributed by atoms with Crippen molar-refractivity contribution in [1.29, 1.82) is 0 Å². The van der Waals surface area contributed by atoms with Crippen LogP contribution in [0, 0.1) is 17.8 Å². The minimum absolute atomic E-state index is 0.0203. The van der Waals surface area contributed by atoms with Gasteiger partial charge in [-0.05, 0) is 104 Å². The molecule has 0 heterocycles. The third kappa shape index (κ3) is 6.54. The molecule has 4 aromatic rings. The molecule has 0 radical (unpaired) electrons. The monoisotopic (exact) mass is 706 g/mol. The van der Waals surface area contributed by atoms with Gasteiger partial charge in [-0.25, -0.2) is 0 Å². The maximum absolute atomic E-state index is 13.6. The molecule has 3 aliphatic carbocycles. The highest BCUT2D eigenvalue weighted by molar-refractivity contribution is 7.87. The van der Waals surface area contributed by atoms with Crippen molar-refractivity contribution < 1.29 is 30.5 Å². The number of benzene rings is 4. The molecule has 0 aliphatic heterocycles. The molecule has 3 nitrogen and oxygen atoms in total. The Balaban J connectivity index is 0.000000214. The van der Waals surface area contributed by atoms with Crippen LogP contribution < -0.4 is 0 Å². The summed E-state index contributed by atoms with van der Waals surface area (Å²) in [6.07, 6.45) is 2.50. The summed E-state index contributed by atoms with van der Waals surface area (Å²) >= 11 is 0. The number of hydrogen-bond acceptors (Lipinski definition) is 2. The highest BCUT2D eigenvalue weighted by Crippen LogP contribution is 2.58. The lowest BCUT2D eigenvalue weighted by Crippen LogP contribution is -2.52. The lowest BCUT2D eigenvalue weighted by atomic mass is 9.83. The Morgan fingerprint density at radius 1 is 0.640 bits per heavy atom. The lowest BCUT2D eigenvalue weighted by Gasteiger charge is -2.33. The average Bonchev–Trinajstić information content (AvgIpc) is 3.78. The first-order valence-electron chi connectivity index (χ1n) is 17.4. The minimum atomic E-state index is -6.10. The van der Waals surface area contributed by atoms with Crippen LogP contribution in [0.4, 0.5) is 17.6 Å². The van der Waals surface area contributed by atoms with E-state index in [0.717, 1.165) is 12.8 Å². The molecule has 4 aromatic carbocycles. The Kier molecular flexibility index (Phi) is 9.17. The lowest BCUT2D eigenvalue weighted by molar-refractivity contribution is -0.202. The van der Waals surface area contributed by atoms with Crippen LogP contribution in [0.1, 0.15) is 89.5 Å². The third-order valence-corrected chi connectivity index (χ3v) is 11.9. The molecular formula is C42H46F4O3S. The van der Waals surface area contributed by atoms with Crippen molar-refractivity contribution in [1.82, 2.24) is 0 Å². The van der Waals surface area contributed by atoms with Gasteiger partial charge in [-0.3, -0.25) is 4.55 Å². The fourth-order valence-electron chi connectivity index (χ4n) is 8.14. The van der Waals surface area contributed by atoms with Crippen molar-refractivity contribution >= 4 is 10.1 Å². The summed E-state index contributed by atoms with van der Waals surface area (Å²) < 4.78 is 82.4. The Hall–Kier alpha value is -3.49. The zero-order valence-corrected chi connectivity index (χ0v) is 30.4. The molecule has 50 heavy (non-hydrogen) atoms. The van der Waals surface area contributed by atoms with Gasteiger partial charge in [0.2, 0.25) is 0 Å². The molecule has 8 heteroatoms.